The van der Waals surface area contributed by atoms with Gasteiger partial charge in [-0.15, -0.1) is 6.58 Å². The largest absolute Gasteiger partial charge is 0.416 e. The van der Waals surface area contributed by atoms with Crippen LogP contribution in [0.4, 0.5) is 13.2 Å². The van der Waals surface area contributed by atoms with Gasteiger partial charge in [-0.05, 0) is 23.6 Å². The topological polar surface area (TPSA) is 52.0 Å². The number of rotatable bonds is 7. The molecule has 4 nitrogen and oxygen atoms in total. The Morgan fingerprint density at radius 1 is 1.31 bits per heavy atom. The summed E-state index contributed by atoms with van der Waals surface area (Å²) < 4.78 is 66.0. The summed E-state index contributed by atoms with van der Waals surface area (Å²) in [4.78, 5) is 0. The van der Waals surface area contributed by atoms with Gasteiger partial charge in [0.25, 0.3) is 0 Å². The monoisotopic (exact) mass is 422 g/mol. The molecule has 0 amide bonds. The van der Waals surface area contributed by atoms with Crippen LogP contribution in [-0.2, 0) is 22.6 Å². The summed E-state index contributed by atoms with van der Waals surface area (Å²) >= 11 is 0. The molecular weight excluding hydrogens is 401 g/mol. The van der Waals surface area contributed by atoms with Crippen LogP contribution in [0.25, 0.3) is 0 Å². The zero-order valence-electron chi connectivity index (χ0n) is 15.6. The van der Waals surface area contributed by atoms with Crippen molar-refractivity contribution in [3.63, 3.8) is 0 Å². The standard InChI is InChI=1S/C21H21F3N2O2S/c1-2-20(17-9-6-10-19(13-17)21(22,23)24)29(27,28)12-11-26-15-18(14-25-26)16-7-4-3-5-8-16/h2-7,9-10,13-16,20H,1,8,11-12H2. The van der Waals surface area contributed by atoms with Gasteiger partial charge in [0, 0.05) is 12.1 Å². The number of sulfone groups is 1. The van der Waals surface area contributed by atoms with Crippen molar-refractivity contribution >= 4 is 9.84 Å². The fraction of sp³-hybridized carbons (Fsp3) is 0.286. The average Bonchev–Trinajstić information content (AvgIpc) is 3.16. The van der Waals surface area contributed by atoms with Gasteiger partial charge in [-0.25, -0.2) is 8.42 Å². The molecule has 2 aromatic rings. The van der Waals surface area contributed by atoms with Gasteiger partial charge in [-0.2, -0.15) is 18.3 Å². The minimum Gasteiger partial charge on any atom is -0.271 e. The minimum absolute atomic E-state index is 0.0510. The van der Waals surface area contributed by atoms with Crippen molar-refractivity contribution in [2.75, 3.05) is 5.75 Å². The first-order valence-corrected chi connectivity index (χ1v) is 10.8. The zero-order valence-corrected chi connectivity index (χ0v) is 16.4. The van der Waals surface area contributed by atoms with Crippen molar-refractivity contribution in [3.05, 3.63) is 90.3 Å². The highest BCUT2D eigenvalue weighted by Gasteiger charge is 2.32. The van der Waals surface area contributed by atoms with Gasteiger partial charge in [0.1, 0.15) is 5.25 Å². The Labute approximate surface area is 168 Å². The summed E-state index contributed by atoms with van der Waals surface area (Å²) in [7, 11) is -3.77. The lowest BCUT2D eigenvalue weighted by molar-refractivity contribution is -0.137. The van der Waals surface area contributed by atoms with E-state index in [0.29, 0.717) is 0 Å². The molecule has 0 spiro atoms. The van der Waals surface area contributed by atoms with E-state index in [1.54, 1.807) is 17.1 Å². The Morgan fingerprint density at radius 3 is 2.76 bits per heavy atom. The molecule has 0 fully saturated rings. The molecule has 8 heteroatoms. The molecule has 29 heavy (non-hydrogen) atoms. The van der Waals surface area contributed by atoms with Crippen LogP contribution >= 0.6 is 0 Å². The summed E-state index contributed by atoms with van der Waals surface area (Å²) in [5, 5.41) is 3.00. The predicted octanol–water partition coefficient (Wildman–Crippen LogP) is 4.84. The summed E-state index contributed by atoms with van der Waals surface area (Å²) in [5.41, 5.74) is 0.152. The predicted molar refractivity (Wildman–Crippen MR) is 106 cm³/mol. The van der Waals surface area contributed by atoms with Crippen molar-refractivity contribution < 1.29 is 21.6 Å². The van der Waals surface area contributed by atoms with Crippen LogP contribution in [0.3, 0.4) is 0 Å². The number of nitrogens with zero attached hydrogens (tertiary/aromatic N) is 2. The number of allylic oxidation sites excluding steroid dienone is 4. The lowest BCUT2D eigenvalue weighted by atomic mass is 9.95. The molecule has 1 aliphatic carbocycles. The Kier molecular flexibility index (Phi) is 6.12. The second kappa shape index (κ2) is 8.41. The highest BCUT2D eigenvalue weighted by Crippen LogP contribution is 2.33. The molecular formula is C21H21F3N2O2S. The van der Waals surface area contributed by atoms with Crippen molar-refractivity contribution in [2.45, 2.75) is 30.3 Å². The van der Waals surface area contributed by atoms with E-state index in [-0.39, 0.29) is 23.8 Å². The SMILES string of the molecule is C=CC(c1cccc(C(F)(F)F)c1)S(=O)(=O)CCn1cc(C2C=CC=CC2)cn1. The lowest BCUT2D eigenvalue weighted by Gasteiger charge is -2.16. The number of hydrogen-bond donors (Lipinski definition) is 0. The molecule has 1 aliphatic rings. The average molecular weight is 422 g/mol. The van der Waals surface area contributed by atoms with Crippen molar-refractivity contribution in [1.82, 2.24) is 9.78 Å². The fourth-order valence-corrected chi connectivity index (χ4v) is 4.80. The number of alkyl halides is 3. The third-order valence-electron chi connectivity index (χ3n) is 4.81. The summed E-state index contributed by atoms with van der Waals surface area (Å²) in [6.07, 6.45) is 9.02. The summed E-state index contributed by atoms with van der Waals surface area (Å²) in [6.45, 7) is 3.63. The molecule has 2 unspecified atom stereocenters. The highest BCUT2D eigenvalue weighted by atomic mass is 32.2. The maximum Gasteiger partial charge on any atom is 0.416 e. The van der Waals surface area contributed by atoms with Gasteiger partial charge in [0.05, 0.1) is 24.1 Å². The van der Waals surface area contributed by atoms with Crippen molar-refractivity contribution in [1.29, 1.82) is 0 Å². The molecule has 2 atom stereocenters. The molecule has 0 aliphatic heterocycles. The van der Waals surface area contributed by atoms with Gasteiger partial charge in [-0.1, -0.05) is 48.6 Å². The van der Waals surface area contributed by atoms with E-state index >= 15 is 0 Å². The van der Waals surface area contributed by atoms with Gasteiger partial charge < -0.3 is 0 Å². The van der Waals surface area contributed by atoms with Gasteiger partial charge >= 0.3 is 6.18 Å². The van der Waals surface area contributed by atoms with E-state index in [2.05, 4.69) is 23.8 Å². The molecule has 1 aromatic carbocycles. The smallest absolute Gasteiger partial charge is 0.271 e. The van der Waals surface area contributed by atoms with Crippen LogP contribution in [0.5, 0.6) is 0 Å². The molecule has 1 aromatic heterocycles. The zero-order chi connectivity index (χ0) is 21.1. The number of benzene rings is 1. The second-order valence-electron chi connectivity index (χ2n) is 6.84. The molecule has 0 saturated heterocycles. The second-order valence-corrected chi connectivity index (χ2v) is 9.08. The van der Waals surface area contributed by atoms with Crippen LogP contribution in [0.1, 0.15) is 34.3 Å². The third-order valence-corrected chi connectivity index (χ3v) is 6.80. The minimum atomic E-state index is -4.54. The Morgan fingerprint density at radius 2 is 2.10 bits per heavy atom. The first kappa shape index (κ1) is 21.1. The molecule has 0 radical (unpaired) electrons. The van der Waals surface area contributed by atoms with Crippen LogP contribution in [0.2, 0.25) is 0 Å². The maximum absolute atomic E-state index is 13.0. The molecule has 1 heterocycles. The van der Waals surface area contributed by atoms with Crippen LogP contribution in [-0.4, -0.2) is 24.0 Å². The molecule has 154 valence electrons. The summed E-state index contributed by atoms with van der Waals surface area (Å²) in [5.74, 6) is -0.0574. The van der Waals surface area contributed by atoms with E-state index in [9.17, 15) is 21.6 Å². The number of aryl methyl sites for hydroxylation is 1. The molecule has 0 bridgehead atoms. The first-order chi connectivity index (χ1) is 13.7. The van der Waals surface area contributed by atoms with E-state index in [1.165, 1.54) is 18.2 Å². The quantitative estimate of drug-likeness (QED) is 0.600. The van der Waals surface area contributed by atoms with Gasteiger partial charge in [0.15, 0.2) is 9.84 Å². The van der Waals surface area contributed by atoms with Gasteiger partial charge in [0.2, 0.25) is 0 Å². The maximum atomic E-state index is 13.0. The van der Waals surface area contributed by atoms with E-state index in [1.807, 2.05) is 12.2 Å². The first-order valence-electron chi connectivity index (χ1n) is 9.07. The van der Waals surface area contributed by atoms with E-state index < -0.39 is 26.8 Å². The number of halogens is 3. The van der Waals surface area contributed by atoms with Crippen molar-refractivity contribution in [3.8, 4) is 0 Å². The lowest BCUT2D eigenvalue weighted by Crippen LogP contribution is -2.19. The van der Waals surface area contributed by atoms with E-state index in [4.69, 9.17) is 0 Å². The van der Waals surface area contributed by atoms with Crippen LogP contribution < -0.4 is 0 Å². The van der Waals surface area contributed by atoms with Gasteiger partial charge in [-0.3, -0.25) is 4.68 Å². The van der Waals surface area contributed by atoms with Crippen LogP contribution in [0, 0.1) is 0 Å². The van der Waals surface area contributed by atoms with E-state index in [0.717, 1.165) is 24.1 Å². The molecule has 3 rings (SSSR count). The molecule has 0 saturated carbocycles. The number of hydrogen-bond acceptors (Lipinski definition) is 3. The third kappa shape index (κ3) is 5.06. The fourth-order valence-electron chi connectivity index (χ4n) is 3.25. The Hall–Kier alpha value is -2.61. The van der Waals surface area contributed by atoms with Crippen molar-refractivity contribution in [2.24, 2.45) is 0 Å². The normalized spacial score (nSPS) is 18.0. The Bertz CT molecular complexity index is 1040. The Balaban J connectivity index is 1.73. The number of aromatic nitrogens is 2. The van der Waals surface area contributed by atoms with Crippen LogP contribution in [0.15, 0.2) is 73.6 Å². The highest BCUT2D eigenvalue weighted by molar-refractivity contribution is 7.91. The summed E-state index contributed by atoms with van der Waals surface area (Å²) in [6, 6.07) is 4.35. The molecule has 0 N–H and O–H groups in total.